The van der Waals surface area contributed by atoms with E-state index >= 15 is 0 Å². The summed E-state index contributed by atoms with van der Waals surface area (Å²) in [6, 6.07) is 1.96. The first kappa shape index (κ1) is 11.1. The van der Waals surface area contributed by atoms with Gasteiger partial charge in [0.05, 0.1) is 12.6 Å². The summed E-state index contributed by atoms with van der Waals surface area (Å²) in [6.07, 6.45) is 2.88. The SMILES string of the molecule is CCc1nc(N)cc(N2CCCC2CO)n1. The number of nitrogen functional groups attached to an aromatic ring is 1. The molecule has 88 valence electrons. The van der Waals surface area contributed by atoms with E-state index in [1.54, 1.807) is 6.07 Å². The van der Waals surface area contributed by atoms with Crippen LogP contribution in [0.3, 0.4) is 0 Å². The third kappa shape index (κ3) is 2.09. The summed E-state index contributed by atoms with van der Waals surface area (Å²) in [6.45, 7) is 3.11. The number of nitrogens with two attached hydrogens (primary N) is 1. The van der Waals surface area contributed by atoms with Crippen LogP contribution in [0.25, 0.3) is 0 Å². The fourth-order valence-electron chi connectivity index (χ4n) is 2.14. The van der Waals surface area contributed by atoms with Crippen molar-refractivity contribution in [1.82, 2.24) is 9.97 Å². The number of aliphatic hydroxyl groups is 1. The second-order valence-corrected chi connectivity index (χ2v) is 4.09. The Bertz CT molecular complexity index is 369. The third-order valence-electron chi connectivity index (χ3n) is 2.98. The molecule has 0 spiro atoms. The van der Waals surface area contributed by atoms with E-state index in [0.717, 1.165) is 37.4 Å². The molecule has 1 aromatic rings. The van der Waals surface area contributed by atoms with Gasteiger partial charge in [0.2, 0.25) is 0 Å². The number of aryl methyl sites for hydroxylation is 1. The van der Waals surface area contributed by atoms with Gasteiger partial charge in [-0.25, -0.2) is 9.97 Å². The molecule has 0 saturated carbocycles. The lowest BCUT2D eigenvalue weighted by atomic mass is 10.2. The van der Waals surface area contributed by atoms with Gasteiger partial charge in [-0.15, -0.1) is 0 Å². The quantitative estimate of drug-likeness (QED) is 0.782. The molecule has 16 heavy (non-hydrogen) atoms. The van der Waals surface area contributed by atoms with Gasteiger partial charge in [0.25, 0.3) is 0 Å². The van der Waals surface area contributed by atoms with Crippen LogP contribution in [0.2, 0.25) is 0 Å². The Morgan fingerprint density at radius 1 is 1.56 bits per heavy atom. The molecule has 0 amide bonds. The second-order valence-electron chi connectivity index (χ2n) is 4.09. The molecule has 1 aliphatic rings. The van der Waals surface area contributed by atoms with Crippen molar-refractivity contribution in [3.8, 4) is 0 Å². The molecule has 0 bridgehead atoms. The van der Waals surface area contributed by atoms with Crippen LogP contribution in [-0.4, -0.2) is 34.3 Å². The number of aliphatic hydroxyl groups excluding tert-OH is 1. The molecule has 2 heterocycles. The molecule has 5 nitrogen and oxygen atoms in total. The maximum atomic E-state index is 9.28. The first-order valence-corrected chi connectivity index (χ1v) is 5.75. The molecule has 0 radical (unpaired) electrons. The molecule has 3 N–H and O–H groups in total. The third-order valence-corrected chi connectivity index (χ3v) is 2.98. The van der Waals surface area contributed by atoms with Gasteiger partial charge in [0, 0.05) is 19.0 Å². The smallest absolute Gasteiger partial charge is 0.134 e. The zero-order chi connectivity index (χ0) is 11.5. The number of nitrogens with zero attached hydrogens (tertiary/aromatic N) is 3. The number of aromatic nitrogens is 2. The minimum Gasteiger partial charge on any atom is -0.394 e. The van der Waals surface area contributed by atoms with Crippen LogP contribution in [0, 0.1) is 0 Å². The average molecular weight is 222 g/mol. The van der Waals surface area contributed by atoms with Crippen molar-refractivity contribution in [2.24, 2.45) is 0 Å². The Kier molecular flexibility index (Phi) is 3.24. The molecule has 1 saturated heterocycles. The van der Waals surface area contributed by atoms with Gasteiger partial charge >= 0.3 is 0 Å². The number of rotatable bonds is 3. The van der Waals surface area contributed by atoms with E-state index in [9.17, 15) is 5.11 Å². The maximum absolute atomic E-state index is 9.28. The lowest BCUT2D eigenvalue weighted by Gasteiger charge is -2.24. The molecule has 0 aromatic carbocycles. The Morgan fingerprint density at radius 3 is 3.06 bits per heavy atom. The predicted octanol–water partition coefficient (Wildman–Crippen LogP) is 0.582. The van der Waals surface area contributed by atoms with Crippen LogP contribution >= 0.6 is 0 Å². The summed E-state index contributed by atoms with van der Waals surface area (Å²) in [5.41, 5.74) is 5.75. The molecule has 1 fully saturated rings. The van der Waals surface area contributed by atoms with E-state index in [1.165, 1.54) is 0 Å². The Morgan fingerprint density at radius 2 is 2.38 bits per heavy atom. The van der Waals surface area contributed by atoms with Gasteiger partial charge in [-0.2, -0.15) is 0 Å². The molecule has 0 aliphatic carbocycles. The van der Waals surface area contributed by atoms with Crippen molar-refractivity contribution >= 4 is 11.6 Å². The molecule has 2 rings (SSSR count). The van der Waals surface area contributed by atoms with Gasteiger partial charge in [-0.3, -0.25) is 0 Å². The van der Waals surface area contributed by atoms with Gasteiger partial charge < -0.3 is 15.7 Å². The van der Waals surface area contributed by atoms with Crippen molar-refractivity contribution in [3.05, 3.63) is 11.9 Å². The van der Waals surface area contributed by atoms with Crippen molar-refractivity contribution in [1.29, 1.82) is 0 Å². The minimum atomic E-state index is 0.172. The first-order chi connectivity index (χ1) is 7.74. The maximum Gasteiger partial charge on any atom is 0.134 e. The van der Waals surface area contributed by atoms with E-state index in [0.29, 0.717) is 5.82 Å². The van der Waals surface area contributed by atoms with Crippen LogP contribution < -0.4 is 10.6 Å². The lowest BCUT2D eigenvalue weighted by molar-refractivity contribution is 0.266. The zero-order valence-electron chi connectivity index (χ0n) is 9.56. The molecule has 1 aliphatic heterocycles. The van der Waals surface area contributed by atoms with Crippen molar-refractivity contribution in [3.63, 3.8) is 0 Å². The van der Waals surface area contributed by atoms with E-state index in [4.69, 9.17) is 5.73 Å². The Hall–Kier alpha value is -1.36. The lowest BCUT2D eigenvalue weighted by Crippen LogP contribution is -2.33. The zero-order valence-corrected chi connectivity index (χ0v) is 9.56. The number of hydrogen-bond acceptors (Lipinski definition) is 5. The summed E-state index contributed by atoms with van der Waals surface area (Å²) in [4.78, 5) is 10.7. The van der Waals surface area contributed by atoms with E-state index in [1.807, 2.05) is 6.92 Å². The highest BCUT2D eigenvalue weighted by molar-refractivity contribution is 5.48. The summed E-state index contributed by atoms with van der Waals surface area (Å²) in [5, 5.41) is 9.28. The summed E-state index contributed by atoms with van der Waals surface area (Å²) >= 11 is 0. The first-order valence-electron chi connectivity index (χ1n) is 5.75. The average Bonchev–Trinajstić information content (AvgIpc) is 2.76. The van der Waals surface area contributed by atoms with Crippen molar-refractivity contribution < 1.29 is 5.11 Å². The monoisotopic (exact) mass is 222 g/mol. The van der Waals surface area contributed by atoms with Gasteiger partial charge in [-0.05, 0) is 12.8 Å². The molecule has 1 atom stereocenters. The highest BCUT2D eigenvalue weighted by atomic mass is 16.3. The number of hydrogen-bond donors (Lipinski definition) is 2. The van der Waals surface area contributed by atoms with Crippen LogP contribution in [0.1, 0.15) is 25.6 Å². The van der Waals surface area contributed by atoms with Crippen molar-refractivity contribution in [2.75, 3.05) is 23.8 Å². The molecule has 1 aromatic heterocycles. The largest absolute Gasteiger partial charge is 0.394 e. The van der Waals surface area contributed by atoms with Crippen LogP contribution in [0.15, 0.2) is 6.07 Å². The minimum absolute atomic E-state index is 0.172. The van der Waals surface area contributed by atoms with Gasteiger partial charge in [0.15, 0.2) is 0 Å². The van der Waals surface area contributed by atoms with Crippen molar-refractivity contribution in [2.45, 2.75) is 32.2 Å². The summed E-state index contributed by atoms with van der Waals surface area (Å²) in [5.74, 6) is 2.12. The Balaban J connectivity index is 2.28. The highest BCUT2D eigenvalue weighted by Gasteiger charge is 2.25. The van der Waals surface area contributed by atoms with Crippen LogP contribution in [-0.2, 0) is 6.42 Å². The summed E-state index contributed by atoms with van der Waals surface area (Å²) in [7, 11) is 0. The Labute approximate surface area is 95.3 Å². The predicted molar refractivity (Wildman–Crippen MR) is 63.3 cm³/mol. The van der Waals surface area contributed by atoms with Crippen LogP contribution in [0.4, 0.5) is 11.6 Å². The molecule has 5 heteroatoms. The van der Waals surface area contributed by atoms with Crippen LogP contribution in [0.5, 0.6) is 0 Å². The molecular weight excluding hydrogens is 204 g/mol. The van der Waals surface area contributed by atoms with Gasteiger partial charge in [0.1, 0.15) is 17.5 Å². The molecular formula is C11H18N4O. The fraction of sp³-hybridized carbons (Fsp3) is 0.636. The molecule has 1 unspecified atom stereocenters. The standard InChI is InChI=1S/C11H18N4O/c1-2-10-13-9(12)6-11(14-10)15-5-3-4-8(15)7-16/h6,8,16H,2-5,7H2,1H3,(H2,12,13,14). The topological polar surface area (TPSA) is 75.3 Å². The summed E-state index contributed by atoms with van der Waals surface area (Å²) < 4.78 is 0. The highest BCUT2D eigenvalue weighted by Crippen LogP contribution is 2.24. The normalized spacial score (nSPS) is 20.4. The van der Waals surface area contributed by atoms with E-state index in [-0.39, 0.29) is 12.6 Å². The van der Waals surface area contributed by atoms with E-state index in [2.05, 4.69) is 14.9 Å². The van der Waals surface area contributed by atoms with Gasteiger partial charge in [-0.1, -0.05) is 6.92 Å². The van der Waals surface area contributed by atoms with E-state index < -0.39 is 0 Å². The second kappa shape index (κ2) is 4.65. The fourth-order valence-corrected chi connectivity index (χ4v) is 2.14. The number of anilines is 2.